The molecule has 0 radical (unpaired) electrons. The normalized spacial score (nSPS) is 40.6. The van der Waals surface area contributed by atoms with Crippen molar-refractivity contribution in [1.82, 2.24) is 9.80 Å². The van der Waals surface area contributed by atoms with E-state index in [0.29, 0.717) is 18.7 Å². The maximum atomic E-state index is 14.2. The molecule has 0 aromatic heterocycles. The van der Waals surface area contributed by atoms with Crippen molar-refractivity contribution in [3.8, 4) is 0 Å². The van der Waals surface area contributed by atoms with E-state index in [1.165, 1.54) is 0 Å². The highest BCUT2D eigenvalue weighted by Crippen LogP contribution is 2.40. The van der Waals surface area contributed by atoms with Crippen LogP contribution in [0.3, 0.4) is 0 Å². The first-order valence-corrected chi connectivity index (χ1v) is 19.0. The summed E-state index contributed by atoms with van der Waals surface area (Å²) in [6.07, 6.45) is -7.35. The number of likely N-dealkylation sites (N-methyl/N-ethyl adjacent to an activating group) is 2. The third-order valence-corrected chi connectivity index (χ3v) is 11.6. The van der Waals surface area contributed by atoms with Gasteiger partial charge in [0.2, 0.25) is 0 Å². The highest BCUT2D eigenvalue weighted by Gasteiger charge is 2.58. The molecule has 3 fully saturated rings. The first kappa shape index (κ1) is 43.0. The molecule has 14 atom stereocenters. The number of benzene rings is 1. The van der Waals surface area contributed by atoms with Crippen molar-refractivity contribution in [2.75, 3.05) is 33.0 Å². The Morgan fingerprint density at radius 2 is 1.77 bits per heavy atom. The number of nitrogens with zero attached hydrogens (tertiary/aromatic N) is 2. The summed E-state index contributed by atoms with van der Waals surface area (Å²) < 4.78 is 36.5. The summed E-state index contributed by atoms with van der Waals surface area (Å²) >= 11 is 6.33. The van der Waals surface area contributed by atoms with Crippen molar-refractivity contribution in [3.05, 3.63) is 29.3 Å². The fourth-order valence-electron chi connectivity index (χ4n) is 8.37. The van der Waals surface area contributed by atoms with Crippen LogP contribution >= 0.6 is 11.6 Å². The van der Waals surface area contributed by atoms with E-state index in [0.717, 1.165) is 0 Å². The van der Waals surface area contributed by atoms with Crippen LogP contribution in [-0.2, 0) is 33.2 Å². The second-order valence-corrected chi connectivity index (χ2v) is 16.4. The van der Waals surface area contributed by atoms with Gasteiger partial charge in [-0.05, 0) is 93.1 Å². The molecule has 1 amide bonds. The van der Waals surface area contributed by atoms with Crippen LogP contribution in [0.4, 0.5) is 15.3 Å². The van der Waals surface area contributed by atoms with E-state index in [1.54, 1.807) is 52.0 Å². The number of halogens is 1. The Balaban J connectivity index is 1.81. The number of cyclic esters (lactones) is 1. The molecular formula is C38H60ClN3O11. The Morgan fingerprint density at radius 1 is 1.11 bits per heavy atom. The summed E-state index contributed by atoms with van der Waals surface area (Å²) in [5.74, 6) is -2.91. The third kappa shape index (κ3) is 9.75. The standard InChI is InChI=1S/C38H60ClN3O11/c1-12-28-38(8)32(52-36(46)53-38)24(6)42(11)19-20(2)18-37(7,47)31(51-34-29(43)27(41(9)10)17-21(3)48-34)22(4)30(23(5)33(44)49-28)50-35(45)40-26-16-14-13-15-25(26)39/h13-16,20-24,27-32,34,43,47H,12,17-19H2,1-11H3,(H,40,45)/t20-,21-,22+,23-,24-,27+,28-,29-,30+,31-,32-,34+,37-,38-/m1/s1. The molecule has 0 aliphatic carbocycles. The van der Waals surface area contributed by atoms with Crippen molar-refractivity contribution in [2.45, 2.75) is 141 Å². The molecule has 53 heavy (non-hydrogen) atoms. The summed E-state index contributed by atoms with van der Waals surface area (Å²) in [6, 6.07) is 5.96. The van der Waals surface area contributed by atoms with Crippen LogP contribution in [0.25, 0.3) is 0 Å². The van der Waals surface area contributed by atoms with Crippen molar-refractivity contribution >= 4 is 35.5 Å². The number of aliphatic hydroxyl groups excluding tert-OH is 1. The molecular weight excluding hydrogens is 710 g/mol. The molecule has 0 spiro atoms. The van der Waals surface area contributed by atoms with E-state index in [9.17, 15) is 24.6 Å². The zero-order chi connectivity index (χ0) is 39.6. The summed E-state index contributed by atoms with van der Waals surface area (Å²) in [4.78, 5) is 44.4. The average molecular weight is 770 g/mol. The van der Waals surface area contributed by atoms with Crippen molar-refractivity contribution in [3.63, 3.8) is 0 Å². The number of aliphatic hydroxyl groups is 2. The number of rotatable bonds is 6. The zero-order valence-corrected chi connectivity index (χ0v) is 33.7. The first-order valence-electron chi connectivity index (χ1n) is 18.6. The number of amides is 1. The Labute approximate surface area is 318 Å². The highest BCUT2D eigenvalue weighted by molar-refractivity contribution is 6.33. The van der Waals surface area contributed by atoms with Gasteiger partial charge < -0.3 is 43.5 Å². The average Bonchev–Trinajstić information content (AvgIpc) is 3.39. The lowest BCUT2D eigenvalue weighted by Gasteiger charge is -2.47. The molecule has 3 aliphatic rings. The van der Waals surface area contributed by atoms with Crippen LogP contribution in [0.5, 0.6) is 0 Å². The molecule has 300 valence electrons. The van der Waals surface area contributed by atoms with E-state index in [1.807, 2.05) is 58.6 Å². The van der Waals surface area contributed by atoms with Crippen molar-refractivity contribution in [2.24, 2.45) is 17.8 Å². The molecule has 14 nitrogen and oxygen atoms in total. The minimum absolute atomic E-state index is 0.157. The molecule has 3 saturated heterocycles. The molecule has 1 aromatic rings. The summed E-state index contributed by atoms with van der Waals surface area (Å²) in [5, 5.41) is 26.9. The maximum absolute atomic E-state index is 14.2. The van der Waals surface area contributed by atoms with Gasteiger partial charge >= 0.3 is 18.2 Å². The van der Waals surface area contributed by atoms with Gasteiger partial charge in [0.1, 0.15) is 18.3 Å². The number of ether oxygens (including phenoxy) is 6. The lowest BCUT2D eigenvalue weighted by molar-refractivity contribution is -0.299. The summed E-state index contributed by atoms with van der Waals surface area (Å²) in [6.45, 7) is 14.7. The molecule has 0 unspecified atom stereocenters. The number of fused-ring (bicyclic) bond motifs is 1. The largest absolute Gasteiger partial charge is 0.509 e. The lowest BCUT2D eigenvalue weighted by atomic mass is 9.77. The molecule has 3 N–H and O–H groups in total. The fourth-order valence-corrected chi connectivity index (χ4v) is 8.55. The fraction of sp³-hybridized carbons (Fsp3) is 0.763. The topological polar surface area (TPSA) is 166 Å². The van der Waals surface area contributed by atoms with Gasteiger partial charge in [-0.3, -0.25) is 15.0 Å². The molecule has 3 aliphatic heterocycles. The second-order valence-electron chi connectivity index (χ2n) is 16.0. The molecule has 1 aromatic carbocycles. The smallest absolute Gasteiger partial charge is 0.458 e. The minimum atomic E-state index is -1.62. The Morgan fingerprint density at radius 3 is 2.40 bits per heavy atom. The quantitative estimate of drug-likeness (QED) is 0.260. The van der Waals surface area contributed by atoms with Crippen LogP contribution in [0.2, 0.25) is 5.02 Å². The van der Waals surface area contributed by atoms with Crippen LogP contribution in [-0.4, -0.2) is 132 Å². The van der Waals surface area contributed by atoms with Gasteiger partial charge in [-0.2, -0.15) is 0 Å². The number of esters is 1. The van der Waals surface area contributed by atoms with Gasteiger partial charge in [-0.15, -0.1) is 0 Å². The Bertz CT molecular complexity index is 1430. The van der Waals surface area contributed by atoms with E-state index in [4.69, 9.17) is 40.0 Å². The lowest BCUT2D eigenvalue weighted by Crippen LogP contribution is -2.59. The predicted molar refractivity (Wildman–Crippen MR) is 197 cm³/mol. The molecule has 0 bridgehead atoms. The first-order chi connectivity index (χ1) is 24.7. The maximum Gasteiger partial charge on any atom is 0.509 e. The number of hydrogen-bond donors (Lipinski definition) is 3. The summed E-state index contributed by atoms with van der Waals surface area (Å²) in [5.41, 5.74) is -2.66. The molecule has 4 rings (SSSR count). The number of carbonyl (C=O) groups excluding carboxylic acids is 3. The van der Waals surface area contributed by atoms with Gasteiger partial charge in [0.15, 0.2) is 18.0 Å². The number of nitrogens with one attached hydrogen (secondary N) is 1. The van der Waals surface area contributed by atoms with E-state index in [2.05, 4.69) is 5.32 Å². The number of anilines is 1. The van der Waals surface area contributed by atoms with Gasteiger partial charge in [0, 0.05) is 24.5 Å². The van der Waals surface area contributed by atoms with Gasteiger partial charge in [-0.25, -0.2) is 9.59 Å². The van der Waals surface area contributed by atoms with Crippen LogP contribution < -0.4 is 5.32 Å². The van der Waals surface area contributed by atoms with Gasteiger partial charge in [0.25, 0.3) is 0 Å². The van der Waals surface area contributed by atoms with Crippen molar-refractivity contribution in [1.29, 1.82) is 0 Å². The minimum Gasteiger partial charge on any atom is -0.458 e. The molecule has 3 heterocycles. The molecule has 0 saturated carbocycles. The zero-order valence-electron chi connectivity index (χ0n) is 32.9. The number of para-hydroxylation sites is 1. The van der Waals surface area contributed by atoms with Crippen LogP contribution in [0, 0.1) is 17.8 Å². The highest BCUT2D eigenvalue weighted by atomic mass is 35.5. The predicted octanol–water partition coefficient (Wildman–Crippen LogP) is 5.07. The monoisotopic (exact) mass is 769 g/mol. The second kappa shape index (κ2) is 17.4. The van der Waals surface area contributed by atoms with Gasteiger partial charge in [0.05, 0.1) is 34.4 Å². The molecule has 15 heteroatoms. The number of carbonyl (C=O) groups is 3. The van der Waals surface area contributed by atoms with E-state index in [-0.39, 0.29) is 42.0 Å². The Kier molecular flexibility index (Phi) is 14.1. The van der Waals surface area contributed by atoms with E-state index >= 15 is 0 Å². The van der Waals surface area contributed by atoms with E-state index < -0.39 is 78.1 Å². The third-order valence-electron chi connectivity index (χ3n) is 11.2. The van der Waals surface area contributed by atoms with Crippen LogP contribution in [0.15, 0.2) is 24.3 Å². The Hall–Kier alpha value is -2.72. The van der Waals surface area contributed by atoms with Crippen molar-refractivity contribution < 1.29 is 53.0 Å². The van der Waals surface area contributed by atoms with Gasteiger partial charge in [-0.1, -0.05) is 44.5 Å². The summed E-state index contributed by atoms with van der Waals surface area (Å²) in [7, 11) is 5.62. The van der Waals surface area contributed by atoms with Crippen LogP contribution in [0.1, 0.15) is 74.7 Å². The SMILES string of the molecule is CC[C@H]1OC(=O)[C@H](C)[C@@H](OC(=O)Nc2ccccc2Cl)[C@H](C)[C@@H](O[C@@H]2O[C@H](C)C[C@H](N(C)C)[C@H]2O)[C@](C)(O)C[C@@H](C)CN(C)[C@H](C)[C@H]2OC(=O)O[C@@]21C. The number of hydrogen-bond acceptors (Lipinski definition) is 13.